The highest BCUT2D eigenvalue weighted by Crippen LogP contribution is 2.41. The maximum Gasteiger partial charge on any atom is 0.259 e. The first-order valence-electron chi connectivity index (χ1n) is 14.2. The van der Waals surface area contributed by atoms with Gasteiger partial charge in [0.25, 0.3) is 5.56 Å². The summed E-state index contributed by atoms with van der Waals surface area (Å²) in [6.45, 7) is 2.14. The lowest BCUT2D eigenvalue weighted by molar-refractivity contribution is 0.174. The number of rotatable bonds is 9. The average Bonchev–Trinajstić information content (AvgIpc) is 3.41. The summed E-state index contributed by atoms with van der Waals surface area (Å²) >= 11 is 0. The molecule has 7 heteroatoms. The molecule has 3 aromatic carbocycles. The minimum absolute atomic E-state index is 0.0285. The van der Waals surface area contributed by atoms with Gasteiger partial charge in [-0.15, -0.1) is 0 Å². The number of nitrogens with zero attached hydrogens (tertiary/aromatic N) is 2. The zero-order valence-corrected chi connectivity index (χ0v) is 23.3. The van der Waals surface area contributed by atoms with Crippen LogP contribution in [0.3, 0.4) is 0 Å². The van der Waals surface area contributed by atoms with Gasteiger partial charge >= 0.3 is 0 Å². The van der Waals surface area contributed by atoms with E-state index in [4.69, 9.17) is 18.9 Å². The Labute approximate surface area is 229 Å². The van der Waals surface area contributed by atoms with Gasteiger partial charge in [0, 0.05) is 29.2 Å². The number of likely N-dealkylation sites (N-methyl/N-ethyl adjacent to an activating group) is 1. The molecule has 1 fully saturated rings. The summed E-state index contributed by atoms with van der Waals surface area (Å²) in [6.07, 6.45) is 8.99. The first-order valence-corrected chi connectivity index (χ1v) is 14.2. The van der Waals surface area contributed by atoms with E-state index in [1.807, 2.05) is 42.9 Å². The predicted octanol–water partition coefficient (Wildman–Crippen LogP) is 6.35. The lowest BCUT2D eigenvalue weighted by Gasteiger charge is -2.21. The molecule has 39 heavy (non-hydrogen) atoms. The van der Waals surface area contributed by atoms with Crippen molar-refractivity contribution < 1.29 is 18.9 Å². The molecule has 6 rings (SSSR count). The topological polar surface area (TPSA) is 62.2 Å². The second-order valence-electron chi connectivity index (χ2n) is 11.2. The summed E-state index contributed by atoms with van der Waals surface area (Å²) in [5, 5.41) is 4.48. The second kappa shape index (κ2) is 11.0. The Morgan fingerprint density at radius 1 is 0.923 bits per heavy atom. The van der Waals surface area contributed by atoms with Gasteiger partial charge in [-0.05, 0) is 62.5 Å². The Hall–Kier alpha value is -3.45. The molecular formula is C32H38N2O5. The van der Waals surface area contributed by atoms with Crippen LogP contribution >= 0.6 is 0 Å². The first kappa shape index (κ1) is 25.8. The van der Waals surface area contributed by atoms with Gasteiger partial charge in [-0.2, -0.15) is 0 Å². The van der Waals surface area contributed by atoms with Crippen molar-refractivity contribution in [2.45, 2.75) is 51.5 Å². The fourth-order valence-electron chi connectivity index (χ4n) is 6.23. The van der Waals surface area contributed by atoms with E-state index < -0.39 is 0 Å². The molecule has 1 aromatic heterocycles. The Bertz CT molecular complexity index is 1570. The van der Waals surface area contributed by atoms with Crippen LogP contribution in [0.25, 0.3) is 32.4 Å². The summed E-state index contributed by atoms with van der Waals surface area (Å²) in [4.78, 5) is 16.2. The van der Waals surface area contributed by atoms with E-state index in [1.165, 1.54) is 38.5 Å². The number of hydrogen-bond donors (Lipinski definition) is 0. The summed E-state index contributed by atoms with van der Waals surface area (Å²) in [6, 6.07) is 12.0. The smallest absolute Gasteiger partial charge is 0.259 e. The highest BCUT2D eigenvalue weighted by Gasteiger charge is 2.21. The molecule has 0 atom stereocenters. The SMILES string of the molecule is COc1cc2c(cc1OCCCC1CCCCC1)c(=O)n(CCN(C)C)c1c3cc4c(cc3ccc21)OCO4. The lowest BCUT2D eigenvalue weighted by atomic mass is 9.86. The Morgan fingerprint density at radius 2 is 1.69 bits per heavy atom. The van der Waals surface area contributed by atoms with Crippen molar-refractivity contribution in [3.63, 3.8) is 0 Å². The summed E-state index contributed by atoms with van der Waals surface area (Å²) in [5.41, 5.74) is 0.868. The van der Waals surface area contributed by atoms with Gasteiger partial charge in [0.15, 0.2) is 23.0 Å². The van der Waals surface area contributed by atoms with E-state index in [0.29, 0.717) is 35.8 Å². The first-order chi connectivity index (χ1) is 19.0. The normalized spacial score (nSPS) is 15.6. The zero-order chi connectivity index (χ0) is 26.9. The minimum atomic E-state index is -0.0285. The molecule has 2 aliphatic rings. The van der Waals surface area contributed by atoms with Gasteiger partial charge in [-0.3, -0.25) is 4.79 Å². The molecule has 4 aromatic rings. The quantitative estimate of drug-likeness (QED) is 0.186. The highest BCUT2D eigenvalue weighted by atomic mass is 16.7. The van der Waals surface area contributed by atoms with Crippen LogP contribution in [0.1, 0.15) is 44.9 Å². The Kier molecular flexibility index (Phi) is 7.26. The Balaban J connectivity index is 1.44. The maximum atomic E-state index is 14.1. The van der Waals surface area contributed by atoms with Gasteiger partial charge in [-0.1, -0.05) is 44.2 Å². The third kappa shape index (κ3) is 5.00. The monoisotopic (exact) mass is 530 g/mol. The second-order valence-corrected chi connectivity index (χ2v) is 11.2. The van der Waals surface area contributed by atoms with Gasteiger partial charge in [0.05, 0.1) is 24.6 Å². The molecule has 1 aliphatic heterocycles. The summed E-state index contributed by atoms with van der Waals surface area (Å²) in [5.74, 6) is 3.54. The number of aromatic nitrogens is 1. The third-order valence-electron chi connectivity index (χ3n) is 8.33. The van der Waals surface area contributed by atoms with Gasteiger partial charge in [0.1, 0.15) is 0 Å². The van der Waals surface area contributed by atoms with Crippen molar-refractivity contribution in [1.82, 2.24) is 9.47 Å². The molecule has 0 spiro atoms. The number of hydrogen-bond acceptors (Lipinski definition) is 6. The molecule has 0 saturated heterocycles. The van der Waals surface area contributed by atoms with E-state index >= 15 is 0 Å². The molecule has 206 valence electrons. The van der Waals surface area contributed by atoms with E-state index in [1.54, 1.807) is 7.11 Å². The number of methoxy groups -OCH3 is 1. The van der Waals surface area contributed by atoms with Crippen molar-refractivity contribution >= 4 is 32.4 Å². The van der Waals surface area contributed by atoms with Crippen LogP contribution in [0.2, 0.25) is 0 Å². The fourth-order valence-corrected chi connectivity index (χ4v) is 6.23. The van der Waals surface area contributed by atoms with Gasteiger partial charge < -0.3 is 28.4 Å². The third-order valence-corrected chi connectivity index (χ3v) is 8.33. The number of fused-ring (bicyclic) bond motifs is 6. The van der Waals surface area contributed by atoms with Gasteiger partial charge in [-0.25, -0.2) is 0 Å². The van der Waals surface area contributed by atoms with E-state index in [0.717, 1.165) is 51.7 Å². The average molecular weight is 531 g/mol. The van der Waals surface area contributed by atoms with Crippen LogP contribution in [0, 0.1) is 5.92 Å². The summed E-state index contributed by atoms with van der Waals surface area (Å²) < 4.78 is 25.2. The molecular weight excluding hydrogens is 492 g/mol. The Morgan fingerprint density at radius 3 is 2.46 bits per heavy atom. The van der Waals surface area contributed by atoms with Crippen LogP contribution in [0.5, 0.6) is 23.0 Å². The van der Waals surface area contributed by atoms with Gasteiger partial charge in [0.2, 0.25) is 6.79 Å². The molecule has 0 bridgehead atoms. The zero-order valence-electron chi connectivity index (χ0n) is 23.3. The number of ether oxygens (including phenoxy) is 4. The van der Waals surface area contributed by atoms with Crippen LogP contribution in [0.15, 0.2) is 41.2 Å². The highest BCUT2D eigenvalue weighted by molar-refractivity contribution is 6.16. The van der Waals surface area contributed by atoms with Crippen LogP contribution in [-0.2, 0) is 6.54 Å². The van der Waals surface area contributed by atoms with Crippen LogP contribution in [0.4, 0.5) is 0 Å². The standard InChI is InChI=1S/C32H38N2O5/c1-33(2)13-14-34-31-23(12-11-22-16-28-30(17-24(22)31)39-20-38-28)25-18-27(36-3)29(19-26(25)32(34)35)37-15-7-10-21-8-5-4-6-9-21/h11-12,16-19,21H,4-10,13-15,20H2,1-3H3. The number of pyridine rings is 1. The van der Waals surface area contributed by atoms with Crippen LogP contribution < -0.4 is 24.5 Å². The molecule has 1 saturated carbocycles. The fraction of sp³-hybridized carbons (Fsp3) is 0.469. The minimum Gasteiger partial charge on any atom is -0.493 e. The van der Waals surface area contributed by atoms with E-state index in [-0.39, 0.29) is 12.4 Å². The largest absolute Gasteiger partial charge is 0.493 e. The molecule has 2 heterocycles. The maximum absolute atomic E-state index is 14.1. The van der Waals surface area contributed by atoms with Crippen molar-refractivity contribution in [3.8, 4) is 23.0 Å². The van der Waals surface area contributed by atoms with E-state index in [2.05, 4.69) is 17.0 Å². The summed E-state index contributed by atoms with van der Waals surface area (Å²) in [7, 11) is 5.70. The van der Waals surface area contributed by atoms with Crippen molar-refractivity contribution in [3.05, 3.63) is 46.8 Å². The van der Waals surface area contributed by atoms with Crippen LogP contribution in [-0.4, -0.2) is 50.6 Å². The predicted molar refractivity (Wildman–Crippen MR) is 156 cm³/mol. The molecule has 7 nitrogen and oxygen atoms in total. The van der Waals surface area contributed by atoms with E-state index in [9.17, 15) is 4.79 Å². The molecule has 0 radical (unpaired) electrons. The number of benzene rings is 3. The molecule has 0 amide bonds. The lowest BCUT2D eigenvalue weighted by Crippen LogP contribution is -2.27. The van der Waals surface area contributed by atoms with Crippen molar-refractivity contribution in [2.75, 3.05) is 41.1 Å². The van der Waals surface area contributed by atoms with Crippen molar-refractivity contribution in [1.29, 1.82) is 0 Å². The molecule has 0 N–H and O–H groups in total. The van der Waals surface area contributed by atoms with Crippen molar-refractivity contribution in [2.24, 2.45) is 5.92 Å². The molecule has 1 aliphatic carbocycles. The molecule has 0 unspecified atom stereocenters.